The van der Waals surface area contributed by atoms with Gasteiger partial charge in [-0.3, -0.25) is 14.4 Å². The minimum Gasteiger partial charge on any atom is -0.436 e. The number of halogens is 1. The molecule has 0 N–H and O–H groups in total. The van der Waals surface area contributed by atoms with Gasteiger partial charge in [0.25, 0.3) is 5.91 Å². The SMILES string of the molecule is O=C1CC(N(C(=O)Cc2ccc(Cl)cc2)C2CC2)C(=O)N1c1ccc(-c2nc3ccccc3o2)cc1. The van der Waals surface area contributed by atoms with Crippen molar-refractivity contribution in [2.75, 3.05) is 4.90 Å². The molecule has 7 nitrogen and oxygen atoms in total. The lowest BCUT2D eigenvalue weighted by Gasteiger charge is -2.27. The van der Waals surface area contributed by atoms with E-state index in [-0.39, 0.29) is 36.6 Å². The summed E-state index contributed by atoms with van der Waals surface area (Å²) in [4.78, 5) is 46.9. The van der Waals surface area contributed by atoms with E-state index in [9.17, 15) is 14.4 Å². The van der Waals surface area contributed by atoms with Crippen molar-refractivity contribution >= 4 is 46.1 Å². The minimum atomic E-state index is -0.790. The molecule has 1 saturated carbocycles. The number of anilines is 1. The first-order valence-corrected chi connectivity index (χ1v) is 12.2. The van der Waals surface area contributed by atoms with E-state index in [2.05, 4.69) is 4.98 Å². The van der Waals surface area contributed by atoms with Crippen LogP contribution in [0.2, 0.25) is 5.02 Å². The fourth-order valence-corrected chi connectivity index (χ4v) is 4.83. The van der Waals surface area contributed by atoms with Crippen LogP contribution in [0.15, 0.2) is 77.2 Å². The largest absolute Gasteiger partial charge is 0.436 e. The highest BCUT2D eigenvalue weighted by Crippen LogP contribution is 2.35. The summed E-state index contributed by atoms with van der Waals surface area (Å²) in [7, 11) is 0. The summed E-state index contributed by atoms with van der Waals surface area (Å²) in [5.74, 6) is -0.373. The van der Waals surface area contributed by atoms with Crippen molar-refractivity contribution in [3.8, 4) is 11.5 Å². The Bertz CT molecular complexity index is 1440. The molecule has 1 unspecified atom stereocenters. The lowest BCUT2D eigenvalue weighted by Crippen LogP contribution is -2.47. The Morgan fingerprint density at radius 1 is 1.00 bits per heavy atom. The summed E-state index contributed by atoms with van der Waals surface area (Å²) < 4.78 is 5.82. The summed E-state index contributed by atoms with van der Waals surface area (Å²) in [6.07, 6.45) is 1.81. The highest BCUT2D eigenvalue weighted by atomic mass is 35.5. The van der Waals surface area contributed by atoms with Gasteiger partial charge in [0.2, 0.25) is 17.7 Å². The monoisotopic (exact) mass is 499 g/mol. The van der Waals surface area contributed by atoms with Crippen LogP contribution in [0.1, 0.15) is 24.8 Å². The van der Waals surface area contributed by atoms with E-state index in [0.29, 0.717) is 22.2 Å². The summed E-state index contributed by atoms with van der Waals surface area (Å²) >= 11 is 5.96. The van der Waals surface area contributed by atoms with Crippen LogP contribution in [-0.2, 0) is 20.8 Å². The van der Waals surface area contributed by atoms with Gasteiger partial charge in [-0.2, -0.15) is 0 Å². The number of amides is 3. The smallest absolute Gasteiger partial charge is 0.257 e. The molecule has 0 radical (unpaired) electrons. The number of benzene rings is 3. The summed E-state index contributed by atoms with van der Waals surface area (Å²) in [6, 6.07) is 20.8. The van der Waals surface area contributed by atoms with E-state index in [1.54, 1.807) is 53.4 Å². The zero-order valence-corrected chi connectivity index (χ0v) is 20.0. The molecule has 3 aromatic carbocycles. The fourth-order valence-electron chi connectivity index (χ4n) is 4.71. The van der Waals surface area contributed by atoms with E-state index in [4.69, 9.17) is 16.0 Å². The molecule has 2 heterocycles. The van der Waals surface area contributed by atoms with Crippen molar-refractivity contribution in [1.82, 2.24) is 9.88 Å². The minimum absolute atomic E-state index is 0.00645. The van der Waals surface area contributed by atoms with Crippen LogP contribution in [0.3, 0.4) is 0 Å². The van der Waals surface area contributed by atoms with Crippen LogP contribution in [0.5, 0.6) is 0 Å². The molecule has 0 bridgehead atoms. The molecule has 6 rings (SSSR count). The number of hydrogen-bond donors (Lipinski definition) is 0. The second kappa shape index (κ2) is 8.91. The molecule has 8 heteroatoms. The van der Waals surface area contributed by atoms with E-state index < -0.39 is 6.04 Å². The molecule has 36 heavy (non-hydrogen) atoms. The maximum absolute atomic E-state index is 13.4. The van der Waals surface area contributed by atoms with Gasteiger partial charge in [0.05, 0.1) is 18.5 Å². The topological polar surface area (TPSA) is 83.7 Å². The molecule has 1 aliphatic heterocycles. The maximum atomic E-state index is 13.4. The number of nitrogens with zero attached hydrogens (tertiary/aromatic N) is 3. The molecule has 1 aliphatic carbocycles. The Morgan fingerprint density at radius 3 is 2.42 bits per heavy atom. The fraction of sp³-hybridized carbons (Fsp3) is 0.214. The van der Waals surface area contributed by atoms with Gasteiger partial charge in [0.1, 0.15) is 11.6 Å². The molecule has 2 aliphatic rings. The number of fused-ring (bicyclic) bond motifs is 1. The number of rotatable bonds is 6. The molecule has 1 atom stereocenters. The maximum Gasteiger partial charge on any atom is 0.257 e. The van der Waals surface area contributed by atoms with Crippen LogP contribution in [-0.4, -0.2) is 39.7 Å². The molecule has 1 saturated heterocycles. The Balaban J connectivity index is 1.22. The van der Waals surface area contributed by atoms with Gasteiger partial charge in [-0.15, -0.1) is 0 Å². The highest BCUT2D eigenvalue weighted by molar-refractivity contribution is 6.30. The van der Waals surface area contributed by atoms with Crippen LogP contribution >= 0.6 is 11.6 Å². The van der Waals surface area contributed by atoms with E-state index in [1.165, 1.54) is 4.90 Å². The highest BCUT2D eigenvalue weighted by Gasteiger charge is 2.48. The van der Waals surface area contributed by atoms with Gasteiger partial charge in [-0.05, 0) is 66.9 Å². The summed E-state index contributed by atoms with van der Waals surface area (Å²) in [6.45, 7) is 0. The lowest BCUT2D eigenvalue weighted by molar-refractivity contribution is -0.138. The van der Waals surface area contributed by atoms with Gasteiger partial charge in [0.15, 0.2) is 5.58 Å². The predicted octanol–water partition coefficient (Wildman–Crippen LogP) is 5.01. The number of oxazole rings is 1. The second-order valence-electron chi connectivity index (χ2n) is 9.16. The van der Waals surface area contributed by atoms with E-state index >= 15 is 0 Å². The van der Waals surface area contributed by atoms with Gasteiger partial charge in [-0.1, -0.05) is 35.9 Å². The van der Waals surface area contributed by atoms with Gasteiger partial charge < -0.3 is 9.32 Å². The van der Waals surface area contributed by atoms with Crippen LogP contribution in [0, 0.1) is 0 Å². The zero-order valence-electron chi connectivity index (χ0n) is 19.3. The lowest BCUT2D eigenvalue weighted by atomic mass is 10.1. The first-order valence-electron chi connectivity index (χ1n) is 11.9. The molecular formula is C28H22ClN3O4. The molecular weight excluding hydrogens is 478 g/mol. The zero-order chi connectivity index (χ0) is 24.8. The Kier molecular flexibility index (Phi) is 5.57. The van der Waals surface area contributed by atoms with Crippen molar-refractivity contribution in [3.63, 3.8) is 0 Å². The first-order chi connectivity index (χ1) is 17.5. The Labute approximate surface area is 212 Å². The number of carbonyl (C=O) groups excluding carboxylic acids is 3. The van der Waals surface area contributed by atoms with Crippen LogP contribution < -0.4 is 4.90 Å². The van der Waals surface area contributed by atoms with E-state index in [1.807, 2.05) is 24.3 Å². The van der Waals surface area contributed by atoms with Gasteiger partial charge in [0, 0.05) is 16.6 Å². The quantitative estimate of drug-likeness (QED) is 0.348. The number of imide groups is 1. The van der Waals surface area contributed by atoms with Gasteiger partial charge in [-0.25, -0.2) is 9.88 Å². The Hall–Kier alpha value is -3.97. The van der Waals surface area contributed by atoms with E-state index in [0.717, 1.165) is 29.5 Å². The van der Waals surface area contributed by atoms with Crippen molar-refractivity contribution in [2.45, 2.75) is 37.8 Å². The standard InChI is InChI=1S/C28H22ClN3O4/c29-19-9-5-17(6-10-19)15-25(33)31(20-13-14-20)23-16-26(34)32(28(23)35)21-11-7-18(8-12-21)27-30-22-3-1-2-4-24(22)36-27/h1-12,20,23H,13-16H2. The van der Waals surface area contributed by atoms with Crippen molar-refractivity contribution in [2.24, 2.45) is 0 Å². The second-order valence-corrected chi connectivity index (χ2v) is 9.59. The van der Waals surface area contributed by atoms with Crippen LogP contribution in [0.25, 0.3) is 22.6 Å². The van der Waals surface area contributed by atoms with Crippen molar-refractivity contribution in [3.05, 3.63) is 83.4 Å². The average molecular weight is 500 g/mol. The van der Waals surface area contributed by atoms with Crippen LogP contribution in [0.4, 0.5) is 5.69 Å². The summed E-state index contributed by atoms with van der Waals surface area (Å²) in [5, 5.41) is 0.597. The average Bonchev–Trinajstić information content (AvgIpc) is 3.54. The summed E-state index contributed by atoms with van der Waals surface area (Å²) in [5.41, 5.74) is 3.47. The molecule has 3 amide bonds. The van der Waals surface area contributed by atoms with Gasteiger partial charge >= 0.3 is 0 Å². The Morgan fingerprint density at radius 2 is 1.72 bits per heavy atom. The number of aromatic nitrogens is 1. The molecule has 0 spiro atoms. The molecule has 4 aromatic rings. The number of carbonyl (C=O) groups is 3. The van der Waals surface area contributed by atoms with Crippen molar-refractivity contribution in [1.29, 1.82) is 0 Å². The third-order valence-corrected chi connectivity index (χ3v) is 6.87. The normalized spacial score (nSPS) is 17.7. The number of para-hydroxylation sites is 2. The van der Waals surface area contributed by atoms with Crippen molar-refractivity contribution < 1.29 is 18.8 Å². The predicted molar refractivity (Wildman–Crippen MR) is 135 cm³/mol. The molecule has 2 fully saturated rings. The molecule has 180 valence electrons. The first kappa shape index (κ1) is 22.5. The molecule has 1 aromatic heterocycles. The third kappa shape index (κ3) is 4.16. The third-order valence-electron chi connectivity index (χ3n) is 6.62. The number of hydrogen-bond acceptors (Lipinski definition) is 5.